The molecule has 0 aliphatic carbocycles. The van der Waals surface area contributed by atoms with Crippen molar-refractivity contribution in [1.29, 1.82) is 0 Å². The molecule has 0 saturated carbocycles. The van der Waals surface area contributed by atoms with Crippen molar-refractivity contribution in [1.82, 2.24) is 14.8 Å². The SMILES string of the molecule is CCCN1C[C@H]2CC[C@@H]1CN(Cc1c(Cl)cncc1Cl)C2. The van der Waals surface area contributed by atoms with Crippen LogP contribution in [0.5, 0.6) is 0 Å². The Morgan fingerprint density at radius 2 is 1.90 bits per heavy atom. The summed E-state index contributed by atoms with van der Waals surface area (Å²) in [6, 6.07) is 0.697. The Balaban J connectivity index is 1.73. The normalized spacial score (nSPS) is 27.0. The van der Waals surface area contributed by atoms with Crippen molar-refractivity contribution >= 4 is 23.2 Å². The third kappa shape index (κ3) is 3.53. The summed E-state index contributed by atoms with van der Waals surface area (Å²) in [5.74, 6) is 0.787. The molecular weight excluding hydrogens is 305 g/mol. The smallest absolute Gasteiger partial charge is 0.0649 e. The molecule has 3 saturated heterocycles. The fraction of sp³-hybridized carbons (Fsp3) is 0.688. The predicted molar refractivity (Wildman–Crippen MR) is 87.9 cm³/mol. The number of pyridine rings is 1. The van der Waals surface area contributed by atoms with Gasteiger partial charge in [-0.05, 0) is 31.7 Å². The van der Waals surface area contributed by atoms with E-state index >= 15 is 0 Å². The summed E-state index contributed by atoms with van der Waals surface area (Å²) in [6.07, 6.45) is 7.32. The zero-order chi connectivity index (χ0) is 14.8. The van der Waals surface area contributed by atoms with Crippen LogP contribution in [-0.4, -0.2) is 47.0 Å². The van der Waals surface area contributed by atoms with Crippen LogP contribution in [0.4, 0.5) is 0 Å². The first-order valence-electron chi connectivity index (χ1n) is 7.91. The molecule has 0 radical (unpaired) electrons. The summed E-state index contributed by atoms with van der Waals surface area (Å²) >= 11 is 12.5. The van der Waals surface area contributed by atoms with Gasteiger partial charge >= 0.3 is 0 Å². The summed E-state index contributed by atoms with van der Waals surface area (Å²) in [7, 11) is 0. The maximum atomic E-state index is 6.27. The summed E-state index contributed by atoms with van der Waals surface area (Å²) in [5.41, 5.74) is 1.02. The lowest BCUT2D eigenvalue weighted by atomic mass is 9.95. The zero-order valence-corrected chi connectivity index (χ0v) is 14.1. The third-order valence-electron chi connectivity index (χ3n) is 4.75. The highest BCUT2D eigenvalue weighted by atomic mass is 35.5. The molecule has 0 amide bonds. The molecule has 2 atom stereocenters. The number of fused-ring (bicyclic) bond motifs is 4. The maximum Gasteiger partial charge on any atom is 0.0649 e. The highest BCUT2D eigenvalue weighted by molar-refractivity contribution is 6.35. The standard InChI is InChI=1S/C16H23Cl2N3/c1-2-5-21-9-12-3-4-13(21)10-20(8-12)11-14-15(17)6-19-7-16(14)18/h6-7,12-13H,2-5,8-11H2,1H3/t12-,13+/m0/s1. The summed E-state index contributed by atoms with van der Waals surface area (Å²) in [4.78, 5) is 9.26. The minimum absolute atomic E-state index is 0.685. The average Bonchev–Trinajstić information content (AvgIpc) is 2.74. The second kappa shape index (κ2) is 6.82. The Bertz CT molecular complexity index is 474. The Hall–Kier alpha value is -0.350. The van der Waals surface area contributed by atoms with Crippen molar-refractivity contribution in [2.45, 2.75) is 38.8 Å². The summed E-state index contributed by atoms with van der Waals surface area (Å²) in [6.45, 7) is 7.88. The molecule has 2 bridgehead atoms. The van der Waals surface area contributed by atoms with Crippen LogP contribution in [0.1, 0.15) is 31.7 Å². The van der Waals surface area contributed by atoms with Crippen LogP contribution < -0.4 is 0 Å². The number of hydrogen-bond acceptors (Lipinski definition) is 3. The van der Waals surface area contributed by atoms with Gasteiger partial charge in [-0.2, -0.15) is 0 Å². The molecule has 0 unspecified atom stereocenters. The van der Waals surface area contributed by atoms with Gasteiger partial charge < -0.3 is 0 Å². The molecule has 3 aliphatic rings. The van der Waals surface area contributed by atoms with Gasteiger partial charge in [-0.25, -0.2) is 0 Å². The van der Waals surface area contributed by atoms with Crippen LogP contribution in [0.3, 0.4) is 0 Å². The average molecular weight is 328 g/mol. The molecule has 3 nitrogen and oxygen atoms in total. The van der Waals surface area contributed by atoms with Crippen LogP contribution in [0.25, 0.3) is 0 Å². The van der Waals surface area contributed by atoms with E-state index in [4.69, 9.17) is 23.2 Å². The van der Waals surface area contributed by atoms with Crippen LogP contribution in [0, 0.1) is 5.92 Å². The lowest BCUT2D eigenvalue weighted by molar-refractivity contribution is 0.131. The van der Waals surface area contributed by atoms with E-state index in [1.165, 1.54) is 32.4 Å². The molecule has 0 N–H and O–H groups in total. The van der Waals surface area contributed by atoms with Gasteiger partial charge in [0, 0.05) is 50.2 Å². The van der Waals surface area contributed by atoms with Crippen molar-refractivity contribution in [3.05, 3.63) is 28.0 Å². The van der Waals surface area contributed by atoms with E-state index in [-0.39, 0.29) is 0 Å². The highest BCUT2D eigenvalue weighted by Crippen LogP contribution is 2.31. The highest BCUT2D eigenvalue weighted by Gasteiger charge is 2.34. The first kappa shape index (κ1) is 15.5. The van der Waals surface area contributed by atoms with Gasteiger partial charge in [0.25, 0.3) is 0 Å². The van der Waals surface area contributed by atoms with E-state index in [2.05, 4.69) is 21.7 Å². The zero-order valence-electron chi connectivity index (χ0n) is 12.6. The number of rotatable bonds is 4. The van der Waals surface area contributed by atoms with Crippen LogP contribution in [-0.2, 0) is 6.54 Å². The monoisotopic (exact) mass is 327 g/mol. The first-order chi connectivity index (χ1) is 10.2. The molecule has 3 aliphatic heterocycles. The Labute approximate surface area is 137 Å². The molecule has 21 heavy (non-hydrogen) atoms. The Morgan fingerprint density at radius 1 is 1.14 bits per heavy atom. The Morgan fingerprint density at radius 3 is 2.62 bits per heavy atom. The number of nitrogens with zero attached hydrogens (tertiary/aromatic N) is 3. The molecular formula is C16H23Cl2N3. The van der Waals surface area contributed by atoms with Gasteiger partial charge in [-0.1, -0.05) is 30.1 Å². The van der Waals surface area contributed by atoms with E-state index in [1.54, 1.807) is 12.4 Å². The molecule has 4 rings (SSSR count). The topological polar surface area (TPSA) is 19.4 Å². The van der Waals surface area contributed by atoms with E-state index in [0.717, 1.165) is 31.1 Å². The molecule has 0 aromatic carbocycles. The Kier molecular flexibility index (Phi) is 5.05. The number of piperidine rings is 1. The minimum Gasteiger partial charge on any atom is -0.299 e. The maximum absolute atomic E-state index is 6.27. The van der Waals surface area contributed by atoms with Crippen molar-refractivity contribution < 1.29 is 0 Å². The number of halogens is 2. The van der Waals surface area contributed by atoms with Gasteiger partial charge in [0.15, 0.2) is 0 Å². The van der Waals surface area contributed by atoms with Gasteiger partial charge in [-0.15, -0.1) is 0 Å². The fourth-order valence-electron chi connectivity index (χ4n) is 3.78. The van der Waals surface area contributed by atoms with Crippen molar-refractivity contribution in [3.63, 3.8) is 0 Å². The fourth-order valence-corrected chi connectivity index (χ4v) is 4.26. The van der Waals surface area contributed by atoms with E-state index in [0.29, 0.717) is 16.1 Å². The molecule has 5 heteroatoms. The summed E-state index contributed by atoms with van der Waals surface area (Å²) < 4.78 is 0. The van der Waals surface area contributed by atoms with Crippen LogP contribution in [0.2, 0.25) is 10.0 Å². The molecule has 4 heterocycles. The second-order valence-electron chi connectivity index (χ2n) is 6.37. The molecule has 0 spiro atoms. The van der Waals surface area contributed by atoms with Gasteiger partial charge in [0.2, 0.25) is 0 Å². The molecule has 116 valence electrons. The lowest BCUT2D eigenvalue weighted by Gasteiger charge is -2.35. The molecule has 3 fully saturated rings. The lowest BCUT2D eigenvalue weighted by Crippen LogP contribution is -2.44. The van der Waals surface area contributed by atoms with Gasteiger partial charge in [-0.3, -0.25) is 14.8 Å². The van der Waals surface area contributed by atoms with E-state index < -0.39 is 0 Å². The predicted octanol–water partition coefficient (Wildman–Crippen LogP) is 3.69. The van der Waals surface area contributed by atoms with Crippen LogP contribution >= 0.6 is 23.2 Å². The van der Waals surface area contributed by atoms with E-state index in [1.807, 2.05) is 0 Å². The van der Waals surface area contributed by atoms with Crippen molar-refractivity contribution in [2.75, 3.05) is 26.2 Å². The van der Waals surface area contributed by atoms with Crippen molar-refractivity contribution in [2.24, 2.45) is 5.92 Å². The largest absolute Gasteiger partial charge is 0.299 e. The number of aromatic nitrogens is 1. The minimum atomic E-state index is 0.685. The van der Waals surface area contributed by atoms with E-state index in [9.17, 15) is 0 Å². The van der Waals surface area contributed by atoms with Crippen molar-refractivity contribution in [3.8, 4) is 0 Å². The molecule has 1 aromatic rings. The second-order valence-corrected chi connectivity index (χ2v) is 7.18. The quantitative estimate of drug-likeness (QED) is 0.840. The molecule has 1 aromatic heterocycles. The van der Waals surface area contributed by atoms with Crippen LogP contribution in [0.15, 0.2) is 12.4 Å². The third-order valence-corrected chi connectivity index (χ3v) is 5.40. The van der Waals surface area contributed by atoms with Gasteiger partial charge in [0.05, 0.1) is 10.0 Å². The number of hydrogen-bond donors (Lipinski definition) is 0. The van der Waals surface area contributed by atoms with Gasteiger partial charge in [0.1, 0.15) is 0 Å². The summed E-state index contributed by atoms with van der Waals surface area (Å²) in [5, 5.41) is 1.37. The first-order valence-corrected chi connectivity index (χ1v) is 8.67.